The average Bonchev–Trinajstić information content (AvgIpc) is 2.71. The summed E-state index contributed by atoms with van der Waals surface area (Å²) in [5.74, 6) is 0.226. The summed E-state index contributed by atoms with van der Waals surface area (Å²) in [5.41, 5.74) is 0.151. The first kappa shape index (κ1) is 10.0. The Kier molecular flexibility index (Phi) is 2.80. The zero-order valence-electron chi connectivity index (χ0n) is 8.14. The minimum absolute atomic E-state index is 0.226. The zero-order chi connectivity index (χ0) is 10.0. The van der Waals surface area contributed by atoms with Crippen LogP contribution < -0.4 is 0 Å². The fourth-order valence-corrected chi connectivity index (χ4v) is 2.23. The predicted octanol–water partition coefficient (Wildman–Crippen LogP) is 0.868. The van der Waals surface area contributed by atoms with E-state index in [4.69, 9.17) is 4.74 Å². The van der Waals surface area contributed by atoms with Gasteiger partial charge in [-0.2, -0.15) is 8.75 Å². The van der Waals surface area contributed by atoms with Crippen molar-refractivity contribution in [3.8, 4) is 0 Å². The van der Waals surface area contributed by atoms with Crippen molar-refractivity contribution in [2.45, 2.75) is 25.4 Å². The molecule has 0 aliphatic carbocycles. The standard InChI is InChI=1S/C9H14N2O2S/c1-9(12,7-2-3-13-6-7)4-8-5-10-14-11-8/h5,7,12H,2-4,6H2,1H3. The summed E-state index contributed by atoms with van der Waals surface area (Å²) in [4.78, 5) is 0. The van der Waals surface area contributed by atoms with Crippen LogP contribution >= 0.6 is 11.7 Å². The largest absolute Gasteiger partial charge is 0.389 e. The van der Waals surface area contributed by atoms with Gasteiger partial charge in [0.25, 0.3) is 0 Å². The van der Waals surface area contributed by atoms with E-state index in [2.05, 4.69) is 8.75 Å². The number of hydrogen-bond acceptors (Lipinski definition) is 5. The van der Waals surface area contributed by atoms with Crippen molar-refractivity contribution in [3.63, 3.8) is 0 Å². The number of aromatic nitrogens is 2. The lowest BCUT2D eigenvalue weighted by Crippen LogP contribution is -2.37. The lowest BCUT2D eigenvalue weighted by Gasteiger charge is -2.27. The van der Waals surface area contributed by atoms with E-state index >= 15 is 0 Å². The third kappa shape index (κ3) is 2.10. The molecular weight excluding hydrogens is 200 g/mol. The van der Waals surface area contributed by atoms with E-state index in [9.17, 15) is 5.11 Å². The molecule has 2 rings (SSSR count). The van der Waals surface area contributed by atoms with Gasteiger partial charge < -0.3 is 9.84 Å². The van der Waals surface area contributed by atoms with Crippen molar-refractivity contribution in [2.24, 2.45) is 5.92 Å². The summed E-state index contributed by atoms with van der Waals surface area (Å²) in [5, 5.41) is 10.2. The van der Waals surface area contributed by atoms with E-state index in [1.165, 1.54) is 11.7 Å². The van der Waals surface area contributed by atoms with Crippen molar-refractivity contribution in [2.75, 3.05) is 13.2 Å². The van der Waals surface area contributed by atoms with E-state index < -0.39 is 5.60 Å². The van der Waals surface area contributed by atoms with Gasteiger partial charge in [-0.05, 0) is 13.3 Å². The summed E-state index contributed by atoms with van der Waals surface area (Å²) < 4.78 is 13.3. The van der Waals surface area contributed by atoms with Crippen molar-refractivity contribution >= 4 is 11.7 Å². The molecule has 2 atom stereocenters. The van der Waals surface area contributed by atoms with Crippen molar-refractivity contribution < 1.29 is 9.84 Å². The number of nitrogens with zero attached hydrogens (tertiary/aromatic N) is 2. The number of hydrogen-bond donors (Lipinski definition) is 1. The third-order valence-corrected chi connectivity index (χ3v) is 3.27. The van der Waals surface area contributed by atoms with Gasteiger partial charge in [-0.1, -0.05) is 0 Å². The average molecular weight is 214 g/mol. The molecular formula is C9H14N2O2S. The van der Waals surface area contributed by atoms with E-state index in [0.717, 1.165) is 18.7 Å². The van der Waals surface area contributed by atoms with Gasteiger partial charge in [0.15, 0.2) is 0 Å². The Morgan fingerprint density at radius 3 is 3.21 bits per heavy atom. The SMILES string of the molecule is CC(O)(Cc1cnsn1)C1CCOC1. The Hall–Kier alpha value is -0.520. The van der Waals surface area contributed by atoms with Crippen LogP contribution in [0.1, 0.15) is 19.0 Å². The van der Waals surface area contributed by atoms with Gasteiger partial charge in [0.2, 0.25) is 0 Å². The van der Waals surface area contributed by atoms with Crippen LogP contribution in [0.3, 0.4) is 0 Å². The topological polar surface area (TPSA) is 55.2 Å². The molecule has 1 aromatic heterocycles. The summed E-state index contributed by atoms with van der Waals surface area (Å²) >= 11 is 1.18. The Bertz CT molecular complexity index is 281. The maximum atomic E-state index is 10.2. The Morgan fingerprint density at radius 1 is 1.79 bits per heavy atom. The Morgan fingerprint density at radius 2 is 2.64 bits per heavy atom. The summed E-state index contributed by atoms with van der Waals surface area (Å²) in [6.07, 6.45) is 3.22. The smallest absolute Gasteiger partial charge is 0.0771 e. The second-order valence-corrected chi connectivity index (χ2v) is 4.55. The molecule has 0 radical (unpaired) electrons. The quantitative estimate of drug-likeness (QED) is 0.811. The molecule has 1 aromatic rings. The van der Waals surface area contributed by atoms with E-state index in [1.807, 2.05) is 6.92 Å². The molecule has 5 heteroatoms. The Labute approximate surface area is 87.2 Å². The molecule has 1 aliphatic heterocycles. The molecule has 2 heterocycles. The fourth-order valence-electron chi connectivity index (χ4n) is 1.80. The lowest BCUT2D eigenvalue weighted by molar-refractivity contribution is -0.00516. The maximum Gasteiger partial charge on any atom is 0.0771 e. The Balaban J connectivity index is 2.00. The van der Waals surface area contributed by atoms with Crippen LogP contribution in [-0.2, 0) is 11.2 Å². The monoisotopic (exact) mass is 214 g/mol. The molecule has 0 bridgehead atoms. The van der Waals surface area contributed by atoms with Crippen LogP contribution in [0.25, 0.3) is 0 Å². The van der Waals surface area contributed by atoms with Gasteiger partial charge in [-0.3, -0.25) is 0 Å². The number of rotatable bonds is 3. The summed E-state index contributed by atoms with van der Waals surface area (Å²) in [7, 11) is 0. The molecule has 0 spiro atoms. The molecule has 1 fully saturated rings. The highest BCUT2D eigenvalue weighted by Crippen LogP contribution is 2.28. The first-order chi connectivity index (χ1) is 6.68. The third-order valence-electron chi connectivity index (χ3n) is 2.76. The maximum absolute atomic E-state index is 10.2. The van der Waals surface area contributed by atoms with Crippen LogP contribution in [0.4, 0.5) is 0 Å². The molecule has 2 unspecified atom stereocenters. The molecule has 1 aliphatic rings. The van der Waals surface area contributed by atoms with Gasteiger partial charge in [0.05, 0.1) is 35.8 Å². The van der Waals surface area contributed by atoms with Crippen LogP contribution in [0.5, 0.6) is 0 Å². The van der Waals surface area contributed by atoms with Crippen LogP contribution in [0.15, 0.2) is 6.20 Å². The van der Waals surface area contributed by atoms with E-state index in [-0.39, 0.29) is 5.92 Å². The van der Waals surface area contributed by atoms with Crippen LogP contribution in [0.2, 0.25) is 0 Å². The molecule has 0 aromatic carbocycles. The highest BCUT2D eigenvalue weighted by molar-refractivity contribution is 6.99. The molecule has 14 heavy (non-hydrogen) atoms. The second-order valence-electron chi connectivity index (χ2n) is 3.99. The van der Waals surface area contributed by atoms with Gasteiger partial charge in [-0.25, -0.2) is 0 Å². The normalized spacial score (nSPS) is 26.3. The van der Waals surface area contributed by atoms with Gasteiger partial charge in [0.1, 0.15) is 0 Å². The molecule has 1 saturated heterocycles. The molecule has 4 nitrogen and oxygen atoms in total. The lowest BCUT2D eigenvalue weighted by atomic mass is 9.85. The van der Waals surface area contributed by atoms with Gasteiger partial charge >= 0.3 is 0 Å². The molecule has 1 N–H and O–H groups in total. The predicted molar refractivity (Wildman–Crippen MR) is 53.2 cm³/mol. The summed E-state index contributed by atoms with van der Waals surface area (Å²) in [6, 6.07) is 0. The highest BCUT2D eigenvalue weighted by Gasteiger charge is 2.35. The van der Waals surface area contributed by atoms with Crippen LogP contribution in [0, 0.1) is 5.92 Å². The van der Waals surface area contributed by atoms with Crippen molar-refractivity contribution in [3.05, 3.63) is 11.9 Å². The molecule has 0 saturated carbocycles. The minimum atomic E-state index is -0.716. The molecule has 0 amide bonds. The van der Waals surface area contributed by atoms with Gasteiger partial charge in [0, 0.05) is 18.9 Å². The minimum Gasteiger partial charge on any atom is -0.389 e. The fraction of sp³-hybridized carbons (Fsp3) is 0.778. The number of ether oxygens (including phenoxy) is 1. The first-order valence-corrected chi connectivity index (χ1v) is 5.48. The van der Waals surface area contributed by atoms with Crippen molar-refractivity contribution in [1.82, 2.24) is 8.75 Å². The number of aliphatic hydroxyl groups is 1. The second kappa shape index (κ2) is 3.92. The molecule has 78 valence electrons. The van der Waals surface area contributed by atoms with E-state index in [0.29, 0.717) is 13.0 Å². The van der Waals surface area contributed by atoms with E-state index in [1.54, 1.807) is 6.20 Å². The highest BCUT2D eigenvalue weighted by atomic mass is 32.1. The first-order valence-electron chi connectivity index (χ1n) is 4.75. The zero-order valence-corrected chi connectivity index (χ0v) is 8.96. The van der Waals surface area contributed by atoms with Crippen LogP contribution in [-0.4, -0.2) is 32.7 Å². The summed E-state index contributed by atoms with van der Waals surface area (Å²) in [6.45, 7) is 3.27. The van der Waals surface area contributed by atoms with Gasteiger partial charge in [-0.15, -0.1) is 0 Å². The van der Waals surface area contributed by atoms with Crippen molar-refractivity contribution in [1.29, 1.82) is 0 Å².